The van der Waals surface area contributed by atoms with Crippen molar-refractivity contribution in [2.24, 2.45) is 0 Å². The Morgan fingerprint density at radius 1 is 0.952 bits per heavy atom. The van der Waals surface area contributed by atoms with Crippen LogP contribution in [0.4, 0.5) is 0 Å². The molecule has 0 saturated heterocycles. The van der Waals surface area contributed by atoms with Crippen LogP contribution in [0.25, 0.3) is 6.08 Å². The van der Waals surface area contributed by atoms with Gasteiger partial charge in [-0.25, -0.2) is 8.42 Å². The Hall–Kier alpha value is -1.85. The molecule has 5 heteroatoms. The molecule has 0 atom stereocenters. The van der Waals surface area contributed by atoms with Gasteiger partial charge in [0.25, 0.3) is 0 Å². The highest BCUT2D eigenvalue weighted by molar-refractivity contribution is 7.97. The van der Waals surface area contributed by atoms with E-state index in [1.165, 1.54) is 12.1 Å². The molecule has 0 N–H and O–H groups in total. The molecule has 21 heavy (non-hydrogen) atoms. The Morgan fingerprint density at radius 2 is 1.48 bits per heavy atom. The van der Waals surface area contributed by atoms with Crippen molar-refractivity contribution in [3.05, 3.63) is 71.8 Å². The fourth-order valence-corrected chi connectivity index (χ4v) is 3.44. The number of hydrogen-bond acceptors (Lipinski definition) is 3. The number of rotatable bonds is 5. The first kappa shape index (κ1) is 15.5. The Balaban J connectivity index is 2.34. The molecule has 0 aromatic heterocycles. The lowest BCUT2D eigenvalue weighted by molar-refractivity contribution is -0.107. The van der Waals surface area contributed by atoms with Crippen LogP contribution in [-0.4, -0.2) is 19.3 Å². The summed E-state index contributed by atoms with van der Waals surface area (Å²) in [5.74, 6) is -0.367. The molecule has 3 nitrogen and oxygen atoms in total. The Kier molecular flexibility index (Phi) is 4.98. The molecule has 0 heterocycles. The summed E-state index contributed by atoms with van der Waals surface area (Å²) in [5.41, 5.74) is 0.909. The second-order valence-corrected chi connectivity index (χ2v) is 6.85. The Labute approximate surface area is 129 Å². The van der Waals surface area contributed by atoms with Crippen molar-refractivity contribution in [1.82, 2.24) is 0 Å². The molecule has 0 aliphatic heterocycles. The predicted octanol–water partition coefficient (Wildman–Crippen LogP) is 3.00. The van der Waals surface area contributed by atoms with Gasteiger partial charge in [-0.05, 0) is 23.8 Å². The van der Waals surface area contributed by atoms with Crippen molar-refractivity contribution in [2.45, 2.75) is 4.90 Å². The van der Waals surface area contributed by atoms with E-state index in [4.69, 9.17) is 0 Å². The molecular formula is C16H14O3S2. The maximum Gasteiger partial charge on any atom is 0.213 e. The van der Waals surface area contributed by atoms with E-state index in [1.54, 1.807) is 36.4 Å². The topological polar surface area (TPSA) is 51.2 Å². The van der Waals surface area contributed by atoms with E-state index in [0.29, 0.717) is 0 Å². The smallest absolute Gasteiger partial charge is 0.213 e. The average molecular weight is 318 g/mol. The molecule has 0 radical (unpaired) electrons. The van der Waals surface area contributed by atoms with Crippen molar-refractivity contribution < 1.29 is 13.2 Å². The lowest BCUT2D eigenvalue weighted by Crippen LogP contribution is -2.12. The van der Waals surface area contributed by atoms with E-state index in [9.17, 15) is 13.2 Å². The van der Waals surface area contributed by atoms with Crippen molar-refractivity contribution in [2.75, 3.05) is 5.75 Å². The van der Waals surface area contributed by atoms with E-state index < -0.39 is 15.0 Å². The maximum absolute atomic E-state index is 12.3. The van der Waals surface area contributed by atoms with Crippen molar-refractivity contribution in [3.63, 3.8) is 0 Å². The number of carbonyl (C=O) groups is 1. The van der Waals surface area contributed by atoms with Crippen LogP contribution in [0.15, 0.2) is 71.1 Å². The van der Waals surface area contributed by atoms with E-state index in [1.807, 2.05) is 18.2 Å². The van der Waals surface area contributed by atoms with Gasteiger partial charge < -0.3 is 0 Å². The fourth-order valence-electron chi connectivity index (χ4n) is 1.83. The van der Waals surface area contributed by atoms with Crippen LogP contribution >= 0.6 is 12.6 Å². The summed E-state index contributed by atoms with van der Waals surface area (Å²) < 4.78 is 24.6. The normalized spacial score (nSPS) is 12.1. The number of thiol groups is 1. The summed E-state index contributed by atoms with van der Waals surface area (Å²) in [6, 6.07) is 17.1. The van der Waals surface area contributed by atoms with E-state index in [-0.39, 0.29) is 16.2 Å². The summed E-state index contributed by atoms with van der Waals surface area (Å²) >= 11 is 3.78. The lowest BCUT2D eigenvalue weighted by Gasteiger charge is -2.06. The fraction of sp³-hybridized carbons (Fsp3) is 0.0625. The highest BCUT2D eigenvalue weighted by Gasteiger charge is 2.19. The number of hydrogen-bond donors (Lipinski definition) is 1. The van der Waals surface area contributed by atoms with Crippen molar-refractivity contribution >= 4 is 33.7 Å². The molecule has 2 aromatic carbocycles. The first-order valence-electron chi connectivity index (χ1n) is 6.26. The first-order valence-corrected chi connectivity index (χ1v) is 8.36. The third-order valence-electron chi connectivity index (χ3n) is 2.86. The van der Waals surface area contributed by atoms with E-state index >= 15 is 0 Å². The highest BCUT2D eigenvalue weighted by Crippen LogP contribution is 2.17. The van der Waals surface area contributed by atoms with Crippen LogP contribution in [-0.2, 0) is 14.6 Å². The summed E-state index contributed by atoms with van der Waals surface area (Å²) in [6.07, 6.45) is 1.55. The molecule has 0 spiro atoms. The van der Waals surface area contributed by atoms with Gasteiger partial charge in [-0.3, -0.25) is 4.79 Å². The monoisotopic (exact) mass is 318 g/mol. The minimum absolute atomic E-state index is 0.147. The van der Waals surface area contributed by atoms with Gasteiger partial charge in [-0.15, -0.1) is 12.6 Å². The Morgan fingerprint density at radius 3 is 2.00 bits per heavy atom. The number of carbonyl (C=O) groups excluding carboxylic acids is 1. The largest absolute Gasteiger partial charge is 0.282 e. The summed E-state index contributed by atoms with van der Waals surface area (Å²) in [6.45, 7) is 0. The van der Waals surface area contributed by atoms with Gasteiger partial charge in [-0.1, -0.05) is 48.5 Å². The maximum atomic E-state index is 12.3. The van der Waals surface area contributed by atoms with Gasteiger partial charge in [-0.2, -0.15) is 0 Å². The van der Waals surface area contributed by atoms with Crippen LogP contribution in [0.5, 0.6) is 0 Å². The second-order valence-electron chi connectivity index (χ2n) is 4.46. The zero-order chi connectivity index (χ0) is 15.3. The quantitative estimate of drug-likeness (QED) is 0.681. The summed E-state index contributed by atoms with van der Waals surface area (Å²) in [5, 5.41) is -0.543. The molecule has 0 fully saturated rings. The van der Waals surface area contributed by atoms with Gasteiger partial charge in [0.15, 0.2) is 9.84 Å². The summed E-state index contributed by atoms with van der Waals surface area (Å²) in [4.78, 5) is 11.8. The van der Waals surface area contributed by atoms with Gasteiger partial charge in [0.1, 0.15) is 0 Å². The van der Waals surface area contributed by atoms with E-state index in [2.05, 4.69) is 12.6 Å². The minimum atomic E-state index is -3.56. The van der Waals surface area contributed by atoms with Crippen LogP contribution in [0, 0.1) is 0 Å². The van der Waals surface area contributed by atoms with Crippen LogP contribution in [0.1, 0.15) is 5.56 Å². The predicted molar refractivity (Wildman–Crippen MR) is 86.9 cm³/mol. The van der Waals surface area contributed by atoms with Gasteiger partial charge >= 0.3 is 0 Å². The SMILES string of the molecule is O=C(S)C(=Cc1ccccc1)CS(=O)(=O)c1ccccc1. The molecule has 0 amide bonds. The van der Waals surface area contributed by atoms with Crippen LogP contribution < -0.4 is 0 Å². The third kappa shape index (κ3) is 4.31. The number of sulfone groups is 1. The van der Waals surface area contributed by atoms with Gasteiger partial charge in [0, 0.05) is 5.57 Å². The first-order chi connectivity index (χ1) is 9.99. The molecule has 0 aliphatic rings. The third-order valence-corrected chi connectivity index (χ3v) is 4.83. The van der Waals surface area contributed by atoms with Gasteiger partial charge in [0.2, 0.25) is 5.12 Å². The summed E-state index contributed by atoms with van der Waals surface area (Å²) in [7, 11) is -3.56. The zero-order valence-electron chi connectivity index (χ0n) is 11.1. The number of benzene rings is 2. The molecule has 0 bridgehead atoms. The molecule has 2 rings (SSSR count). The Bertz CT molecular complexity index is 749. The van der Waals surface area contributed by atoms with Crippen molar-refractivity contribution in [1.29, 1.82) is 0 Å². The highest BCUT2D eigenvalue weighted by atomic mass is 32.2. The zero-order valence-corrected chi connectivity index (χ0v) is 12.8. The second kappa shape index (κ2) is 6.74. The molecule has 0 unspecified atom stereocenters. The molecular weight excluding hydrogens is 304 g/mol. The molecule has 108 valence electrons. The van der Waals surface area contributed by atoms with E-state index in [0.717, 1.165) is 5.56 Å². The van der Waals surface area contributed by atoms with Gasteiger partial charge in [0.05, 0.1) is 10.6 Å². The van der Waals surface area contributed by atoms with Crippen LogP contribution in [0.2, 0.25) is 0 Å². The van der Waals surface area contributed by atoms with Crippen molar-refractivity contribution in [3.8, 4) is 0 Å². The standard InChI is InChI=1S/C16H14O3S2/c17-16(20)14(11-13-7-3-1-4-8-13)12-21(18,19)15-9-5-2-6-10-15/h1-11H,12H2,(H,17,20). The molecule has 0 aliphatic carbocycles. The molecule has 2 aromatic rings. The minimum Gasteiger partial charge on any atom is -0.282 e. The van der Waals surface area contributed by atoms with Crippen LogP contribution in [0.3, 0.4) is 0 Å². The lowest BCUT2D eigenvalue weighted by atomic mass is 10.1. The molecule has 0 saturated carbocycles. The average Bonchev–Trinajstić information content (AvgIpc) is 2.48.